The number of aromatic nitrogens is 1. The largest absolute Gasteiger partial charge is 0.456 e. The van der Waals surface area contributed by atoms with E-state index >= 15 is 0 Å². The van der Waals surface area contributed by atoms with Gasteiger partial charge in [-0.3, -0.25) is 0 Å². The monoisotopic (exact) mass is 333 g/mol. The Labute approximate surface area is 135 Å². The number of ether oxygens (including phenoxy) is 1. The van der Waals surface area contributed by atoms with Gasteiger partial charge in [-0.25, -0.2) is 14.2 Å². The Kier molecular flexibility index (Phi) is 4.31. The predicted octanol–water partition coefficient (Wildman–Crippen LogP) is 4.68. The van der Waals surface area contributed by atoms with Gasteiger partial charge in [-0.05, 0) is 36.1 Å². The molecule has 6 heteroatoms. The lowest BCUT2D eigenvalue weighted by molar-refractivity contribution is 0.0468. The molecular weight excluding hydrogens is 321 g/mol. The molecule has 3 nitrogen and oxygen atoms in total. The van der Waals surface area contributed by atoms with E-state index in [1.807, 2.05) is 22.2 Å². The van der Waals surface area contributed by atoms with Crippen molar-refractivity contribution in [1.82, 2.24) is 4.98 Å². The Balaban J connectivity index is 1.65. The SMILES string of the molecule is Cc1ccc(C(=O)OCc2csc(-c3ccsc3)n2)cc1F. The first-order chi connectivity index (χ1) is 10.6. The van der Waals surface area contributed by atoms with Crippen molar-refractivity contribution in [2.75, 3.05) is 0 Å². The second kappa shape index (κ2) is 6.37. The number of halogens is 1. The van der Waals surface area contributed by atoms with Crippen LogP contribution in [0, 0.1) is 12.7 Å². The van der Waals surface area contributed by atoms with Gasteiger partial charge in [0.25, 0.3) is 0 Å². The molecule has 0 unspecified atom stereocenters. The van der Waals surface area contributed by atoms with Crippen molar-refractivity contribution in [2.24, 2.45) is 0 Å². The zero-order valence-corrected chi connectivity index (χ0v) is 13.3. The first-order valence-corrected chi connectivity index (χ1v) is 8.36. The van der Waals surface area contributed by atoms with Gasteiger partial charge in [0.1, 0.15) is 17.4 Å². The summed E-state index contributed by atoms with van der Waals surface area (Å²) in [6, 6.07) is 6.30. The average molecular weight is 333 g/mol. The summed E-state index contributed by atoms with van der Waals surface area (Å²) in [4.78, 5) is 16.3. The van der Waals surface area contributed by atoms with E-state index in [2.05, 4.69) is 4.98 Å². The summed E-state index contributed by atoms with van der Waals surface area (Å²) >= 11 is 3.11. The zero-order chi connectivity index (χ0) is 15.5. The molecule has 0 spiro atoms. The fraction of sp³-hybridized carbons (Fsp3) is 0.125. The van der Waals surface area contributed by atoms with Gasteiger partial charge < -0.3 is 4.74 Å². The number of hydrogen-bond donors (Lipinski definition) is 0. The van der Waals surface area contributed by atoms with Crippen molar-refractivity contribution >= 4 is 28.6 Å². The van der Waals surface area contributed by atoms with Crippen LogP contribution in [0.5, 0.6) is 0 Å². The van der Waals surface area contributed by atoms with Crippen LogP contribution < -0.4 is 0 Å². The van der Waals surface area contributed by atoms with Crippen molar-refractivity contribution in [2.45, 2.75) is 13.5 Å². The summed E-state index contributed by atoms with van der Waals surface area (Å²) in [5.74, 6) is -0.966. The molecule has 2 aromatic heterocycles. The number of thiophene rings is 1. The minimum absolute atomic E-state index is 0.0783. The third kappa shape index (κ3) is 3.23. The molecule has 0 radical (unpaired) electrons. The number of thiazole rings is 1. The lowest BCUT2D eigenvalue weighted by Gasteiger charge is -2.04. The number of rotatable bonds is 4. The molecule has 0 aliphatic rings. The zero-order valence-electron chi connectivity index (χ0n) is 11.7. The Morgan fingerprint density at radius 3 is 2.91 bits per heavy atom. The molecule has 0 aliphatic carbocycles. The first kappa shape index (κ1) is 14.9. The summed E-state index contributed by atoms with van der Waals surface area (Å²) in [5.41, 5.74) is 2.45. The minimum atomic E-state index is -0.552. The maximum atomic E-state index is 13.4. The number of carbonyl (C=O) groups excluding carboxylic acids is 1. The third-order valence-corrected chi connectivity index (χ3v) is 4.70. The lowest BCUT2D eigenvalue weighted by atomic mass is 10.1. The van der Waals surface area contributed by atoms with Gasteiger partial charge in [-0.2, -0.15) is 11.3 Å². The molecule has 112 valence electrons. The molecule has 1 aromatic carbocycles. The Morgan fingerprint density at radius 1 is 1.32 bits per heavy atom. The topological polar surface area (TPSA) is 39.2 Å². The number of esters is 1. The number of carbonyl (C=O) groups is 1. The second-order valence-corrected chi connectivity index (χ2v) is 6.33. The second-order valence-electron chi connectivity index (χ2n) is 4.70. The van der Waals surface area contributed by atoms with Crippen LogP contribution in [0.4, 0.5) is 4.39 Å². The highest BCUT2D eigenvalue weighted by Crippen LogP contribution is 2.26. The van der Waals surface area contributed by atoms with Crippen molar-refractivity contribution in [3.8, 4) is 10.6 Å². The molecule has 0 saturated carbocycles. The van der Waals surface area contributed by atoms with Crippen LogP contribution >= 0.6 is 22.7 Å². The van der Waals surface area contributed by atoms with E-state index in [4.69, 9.17) is 4.74 Å². The van der Waals surface area contributed by atoms with Crippen molar-refractivity contribution < 1.29 is 13.9 Å². The van der Waals surface area contributed by atoms with Crippen LogP contribution in [-0.2, 0) is 11.3 Å². The lowest BCUT2D eigenvalue weighted by Crippen LogP contribution is -2.06. The highest BCUT2D eigenvalue weighted by atomic mass is 32.1. The molecular formula is C16H12FNO2S2. The summed E-state index contributed by atoms with van der Waals surface area (Å²) in [7, 11) is 0. The number of benzene rings is 1. The van der Waals surface area contributed by atoms with Crippen molar-refractivity contribution in [1.29, 1.82) is 0 Å². The Morgan fingerprint density at radius 2 is 2.18 bits per heavy atom. The molecule has 0 bridgehead atoms. The van der Waals surface area contributed by atoms with Gasteiger partial charge in [0.15, 0.2) is 0 Å². The number of hydrogen-bond acceptors (Lipinski definition) is 5. The van der Waals surface area contributed by atoms with Gasteiger partial charge in [0.05, 0.1) is 11.3 Å². The molecule has 0 saturated heterocycles. The van der Waals surface area contributed by atoms with E-state index < -0.39 is 11.8 Å². The van der Waals surface area contributed by atoms with Gasteiger partial charge in [-0.15, -0.1) is 11.3 Å². The molecule has 3 aromatic rings. The Bertz CT molecular complexity index is 796. The smallest absolute Gasteiger partial charge is 0.338 e. The minimum Gasteiger partial charge on any atom is -0.456 e. The maximum absolute atomic E-state index is 13.4. The molecule has 2 heterocycles. The predicted molar refractivity (Wildman–Crippen MR) is 85.7 cm³/mol. The van der Waals surface area contributed by atoms with E-state index in [0.717, 1.165) is 10.6 Å². The van der Waals surface area contributed by atoms with Crippen LogP contribution in [0.2, 0.25) is 0 Å². The van der Waals surface area contributed by atoms with Crippen LogP contribution in [0.1, 0.15) is 21.6 Å². The van der Waals surface area contributed by atoms with Crippen LogP contribution in [0.15, 0.2) is 40.4 Å². The fourth-order valence-electron chi connectivity index (χ4n) is 1.83. The average Bonchev–Trinajstić information content (AvgIpc) is 3.18. The third-order valence-electron chi connectivity index (χ3n) is 3.08. The highest BCUT2D eigenvalue weighted by molar-refractivity contribution is 7.14. The van der Waals surface area contributed by atoms with Crippen LogP contribution in [0.25, 0.3) is 10.6 Å². The summed E-state index contributed by atoms with van der Waals surface area (Å²) < 4.78 is 18.6. The van der Waals surface area contributed by atoms with Gasteiger partial charge in [-0.1, -0.05) is 6.07 Å². The normalized spacial score (nSPS) is 10.6. The van der Waals surface area contributed by atoms with Gasteiger partial charge >= 0.3 is 5.97 Å². The van der Waals surface area contributed by atoms with Crippen molar-refractivity contribution in [3.63, 3.8) is 0 Å². The summed E-state index contributed by atoms with van der Waals surface area (Å²) in [6.45, 7) is 1.72. The number of aryl methyl sites for hydroxylation is 1. The van der Waals surface area contributed by atoms with E-state index in [1.165, 1.54) is 17.4 Å². The molecule has 0 N–H and O–H groups in total. The molecule has 0 aliphatic heterocycles. The van der Waals surface area contributed by atoms with E-state index in [-0.39, 0.29) is 12.2 Å². The van der Waals surface area contributed by atoms with Crippen molar-refractivity contribution in [3.05, 3.63) is 63.0 Å². The Hall–Kier alpha value is -2.05. The van der Waals surface area contributed by atoms with E-state index in [9.17, 15) is 9.18 Å². The molecule has 0 amide bonds. The van der Waals surface area contributed by atoms with E-state index in [0.29, 0.717) is 11.3 Å². The van der Waals surface area contributed by atoms with Gasteiger partial charge in [0.2, 0.25) is 0 Å². The quantitative estimate of drug-likeness (QED) is 0.651. The summed E-state index contributed by atoms with van der Waals surface area (Å²) in [6.07, 6.45) is 0. The summed E-state index contributed by atoms with van der Waals surface area (Å²) in [5, 5.41) is 6.76. The fourth-order valence-corrected chi connectivity index (χ4v) is 3.35. The molecule has 22 heavy (non-hydrogen) atoms. The van der Waals surface area contributed by atoms with Crippen LogP contribution in [-0.4, -0.2) is 11.0 Å². The molecule has 3 rings (SSSR count). The van der Waals surface area contributed by atoms with E-state index in [1.54, 1.807) is 30.4 Å². The van der Waals surface area contributed by atoms with Crippen LogP contribution in [0.3, 0.4) is 0 Å². The standard InChI is InChI=1S/C16H12FNO2S2/c1-10-2-3-11(6-14(10)17)16(19)20-7-13-9-22-15(18-13)12-4-5-21-8-12/h2-6,8-9H,7H2,1H3. The molecule has 0 atom stereocenters. The van der Waals surface area contributed by atoms with Gasteiger partial charge in [0, 0.05) is 16.3 Å². The highest BCUT2D eigenvalue weighted by Gasteiger charge is 2.11. The molecule has 0 fully saturated rings. The maximum Gasteiger partial charge on any atom is 0.338 e. The first-order valence-electron chi connectivity index (χ1n) is 6.54. The number of nitrogens with zero attached hydrogens (tertiary/aromatic N) is 1.